The van der Waals surface area contributed by atoms with Crippen molar-refractivity contribution in [2.75, 3.05) is 32.7 Å². The van der Waals surface area contributed by atoms with Gasteiger partial charge in [0.2, 0.25) is 0 Å². The van der Waals surface area contributed by atoms with E-state index in [4.69, 9.17) is 0 Å². The van der Waals surface area contributed by atoms with E-state index in [0.717, 1.165) is 44.7 Å². The molecule has 1 aromatic heterocycles. The van der Waals surface area contributed by atoms with Gasteiger partial charge in [-0.2, -0.15) is 0 Å². The Morgan fingerprint density at radius 3 is 2.59 bits per heavy atom. The Hall–Kier alpha value is -2.66. The molecule has 0 spiro atoms. The van der Waals surface area contributed by atoms with Crippen LogP contribution in [0.25, 0.3) is 6.08 Å². The average molecular weight is 364 g/mol. The van der Waals surface area contributed by atoms with Crippen LogP contribution >= 0.6 is 0 Å². The molecule has 5 nitrogen and oxygen atoms in total. The molecule has 2 heterocycles. The molecule has 1 unspecified atom stereocenters. The molecule has 1 aliphatic heterocycles. The zero-order valence-corrected chi connectivity index (χ0v) is 15.9. The third kappa shape index (κ3) is 5.66. The Morgan fingerprint density at radius 2 is 1.93 bits per heavy atom. The van der Waals surface area contributed by atoms with Crippen LogP contribution in [0.15, 0.2) is 60.9 Å². The lowest BCUT2D eigenvalue weighted by Crippen LogP contribution is -2.52. The molecule has 5 heteroatoms. The number of rotatable bonds is 6. The summed E-state index contributed by atoms with van der Waals surface area (Å²) in [5, 5.41) is 3.15. The minimum atomic E-state index is 0.0121. The molecule has 1 atom stereocenters. The summed E-state index contributed by atoms with van der Waals surface area (Å²) in [6.45, 7) is 6.31. The van der Waals surface area contributed by atoms with E-state index in [1.807, 2.05) is 41.4 Å². The van der Waals surface area contributed by atoms with Gasteiger partial charge >= 0.3 is 6.03 Å². The highest BCUT2D eigenvalue weighted by atomic mass is 16.2. The van der Waals surface area contributed by atoms with Gasteiger partial charge in [0.1, 0.15) is 0 Å². The van der Waals surface area contributed by atoms with Gasteiger partial charge in [-0.05, 0) is 23.6 Å². The van der Waals surface area contributed by atoms with Crippen LogP contribution < -0.4 is 5.32 Å². The van der Waals surface area contributed by atoms with Crippen molar-refractivity contribution >= 4 is 12.1 Å². The predicted molar refractivity (Wildman–Crippen MR) is 109 cm³/mol. The first-order valence-corrected chi connectivity index (χ1v) is 9.65. The van der Waals surface area contributed by atoms with E-state index in [1.165, 1.54) is 5.56 Å². The second-order valence-electron chi connectivity index (χ2n) is 6.80. The Bertz CT molecular complexity index is 724. The summed E-state index contributed by atoms with van der Waals surface area (Å²) in [5.41, 5.74) is 2.27. The third-order valence-electron chi connectivity index (χ3n) is 4.93. The van der Waals surface area contributed by atoms with E-state index in [2.05, 4.69) is 46.4 Å². The number of hydrogen-bond acceptors (Lipinski definition) is 3. The highest BCUT2D eigenvalue weighted by molar-refractivity contribution is 5.74. The molecule has 0 aliphatic carbocycles. The van der Waals surface area contributed by atoms with Crippen molar-refractivity contribution in [3.05, 3.63) is 72.1 Å². The van der Waals surface area contributed by atoms with Gasteiger partial charge in [-0.1, -0.05) is 55.5 Å². The van der Waals surface area contributed by atoms with Gasteiger partial charge in [-0.3, -0.25) is 9.88 Å². The minimum Gasteiger partial charge on any atom is -0.331 e. The summed E-state index contributed by atoms with van der Waals surface area (Å²) >= 11 is 0. The largest absolute Gasteiger partial charge is 0.331 e. The topological polar surface area (TPSA) is 48.5 Å². The van der Waals surface area contributed by atoms with Crippen LogP contribution in [-0.4, -0.2) is 53.5 Å². The van der Waals surface area contributed by atoms with Gasteiger partial charge in [-0.15, -0.1) is 0 Å². The molecule has 1 fully saturated rings. The lowest BCUT2D eigenvalue weighted by molar-refractivity contribution is 0.144. The average Bonchev–Trinajstić information content (AvgIpc) is 2.74. The molecule has 1 saturated heterocycles. The van der Waals surface area contributed by atoms with Crippen LogP contribution in [-0.2, 0) is 0 Å². The summed E-state index contributed by atoms with van der Waals surface area (Å²) in [6, 6.07) is 14.3. The van der Waals surface area contributed by atoms with Crippen LogP contribution in [0.3, 0.4) is 0 Å². The molecule has 3 rings (SSSR count). The zero-order valence-electron chi connectivity index (χ0n) is 15.9. The summed E-state index contributed by atoms with van der Waals surface area (Å²) in [6.07, 6.45) is 8.77. The van der Waals surface area contributed by atoms with E-state index in [0.29, 0.717) is 0 Å². The van der Waals surface area contributed by atoms with Crippen molar-refractivity contribution in [1.82, 2.24) is 20.1 Å². The first kappa shape index (κ1) is 19.1. The standard InChI is InChI=1S/C22H28N4O/c1-2-21(20-11-6-12-23-18-20)24-22(27)26-16-14-25(15-17-26)13-7-10-19-8-4-3-5-9-19/h3-12,18,21H,2,13-17H2,1H3,(H,24,27)/b10-7+. The highest BCUT2D eigenvalue weighted by Crippen LogP contribution is 2.16. The van der Waals surface area contributed by atoms with Crippen LogP contribution in [0.1, 0.15) is 30.5 Å². The van der Waals surface area contributed by atoms with Crippen LogP contribution in [0.4, 0.5) is 4.79 Å². The van der Waals surface area contributed by atoms with Gasteiger partial charge in [0.25, 0.3) is 0 Å². The first-order valence-electron chi connectivity index (χ1n) is 9.65. The zero-order chi connectivity index (χ0) is 18.9. The van der Waals surface area contributed by atoms with Crippen molar-refractivity contribution in [2.24, 2.45) is 0 Å². The normalized spacial score (nSPS) is 16.4. The number of nitrogens with zero attached hydrogens (tertiary/aromatic N) is 3. The van der Waals surface area contributed by atoms with Crippen molar-refractivity contribution < 1.29 is 4.79 Å². The minimum absolute atomic E-state index is 0.0121. The number of hydrogen-bond donors (Lipinski definition) is 1. The maximum absolute atomic E-state index is 12.6. The number of aromatic nitrogens is 1. The number of urea groups is 1. The number of pyridine rings is 1. The molecule has 1 aliphatic rings. The predicted octanol–water partition coefficient (Wildman–Crippen LogP) is 3.57. The number of piperazine rings is 1. The van der Waals surface area contributed by atoms with E-state index >= 15 is 0 Å². The number of benzene rings is 1. The number of carbonyl (C=O) groups excluding carboxylic acids is 1. The van der Waals surface area contributed by atoms with Crippen LogP contribution in [0.5, 0.6) is 0 Å². The molecule has 1 aromatic carbocycles. The number of nitrogens with one attached hydrogen (secondary N) is 1. The Morgan fingerprint density at radius 1 is 1.15 bits per heavy atom. The molecule has 0 saturated carbocycles. The molecule has 2 aromatic rings. The molecule has 1 N–H and O–H groups in total. The van der Waals surface area contributed by atoms with Crippen LogP contribution in [0.2, 0.25) is 0 Å². The quantitative estimate of drug-likeness (QED) is 0.852. The van der Waals surface area contributed by atoms with Gasteiger partial charge in [0, 0.05) is 45.1 Å². The van der Waals surface area contributed by atoms with Crippen molar-refractivity contribution in [1.29, 1.82) is 0 Å². The SMILES string of the molecule is CCC(NC(=O)N1CCN(C/C=C/c2ccccc2)CC1)c1cccnc1. The Labute approximate surface area is 161 Å². The summed E-state index contributed by atoms with van der Waals surface area (Å²) in [7, 11) is 0. The molecule has 27 heavy (non-hydrogen) atoms. The third-order valence-corrected chi connectivity index (χ3v) is 4.93. The lowest BCUT2D eigenvalue weighted by atomic mass is 10.1. The summed E-state index contributed by atoms with van der Waals surface area (Å²) in [4.78, 5) is 21.1. The van der Waals surface area contributed by atoms with Gasteiger partial charge in [0.05, 0.1) is 6.04 Å². The molecule has 2 amide bonds. The van der Waals surface area contributed by atoms with E-state index in [9.17, 15) is 4.79 Å². The molecule has 0 bridgehead atoms. The smallest absolute Gasteiger partial charge is 0.317 e. The van der Waals surface area contributed by atoms with Gasteiger partial charge in [-0.25, -0.2) is 4.79 Å². The molecular formula is C22H28N4O. The molecule has 0 radical (unpaired) electrons. The van der Waals surface area contributed by atoms with Gasteiger partial charge in [0.15, 0.2) is 0 Å². The van der Waals surface area contributed by atoms with Crippen molar-refractivity contribution in [2.45, 2.75) is 19.4 Å². The second kappa shape index (κ2) is 9.88. The van der Waals surface area contributed by atoms with E-state index < -0.39 is 0 Å². The molecule has 142 valence electrons. The monoisotopic (exact) mass is 364 g/mol. The second-order valence-corrected chi connectivity index (χ2v) is 6.80. The van der Waals surface area contributed by atoms with Crippen molar-refractivity contribution in [3.63, 3.8) is 0 Å². The lowest BCUT2D eigenvalue weighted by Gasteiger charge is -2.35. The van der Waals surface area contributed by atoms with Gasteiger partial charge < -0.3 is 10.2 Å². The van der Waals surface area contributed by atoms with Crippen molar-refractivity contribution in [3.8, 4) is 0 Å². The summed E-state index contributed by atoms with van der Waals surface area (Å²) < 4.78 is 0. The Balaban J connectivity index is 1.44. The number of carbonyl (C=O) groups is 1. The maximum atomic E-state index is 12.6. The van der Waals surface area contributed by atoms with E-state index in [-0.39, 0.29) is 12.1 Å². The molecular weight excluding hydrogens is 336 g/mol. The Kier molecular flexibility index (Phi) is 6.99. The van der Waals surface area contributed by atoms with Crippen LogP contribution in [0, 0.1) is 0 Å². The fourth-order valence-corrected chi connectivity index (χ4v) is 3.28. The van der Waals surface area contributed by atoms with E-state index in [1.54, 1.807) is 6.20 Å². The highest BCUT2D eigenvalue weighted by Gasteiger charge is 2.22. The fraction of sp³-hybridized carbons (Fsp3) is 0.364. The number of amides is 2. The fourth-order valence-electron chi connectivity index (χ4n) is 3.28. The maximum Gasteiger partial charge on any atom is 0.317 e. The summed E-state index contributed by atoms with van der Waals surface area (Å²) in [5.74, 6) is 0. The first-order chi connectivity index (χ1) is 13.3.